The third-order valence-corrected chi connectivity index (χ3v) is 7.73. The molecule has 0 aromatic carbocycles. The highest BCUT2D eigenvalue weighted by Crippen LogP contribution is 2.56. The molecule has 3 aliphatic rings. The van der Waals surface area contributed by atoms with Crippen LogP contribution >= 0.6 is 11.8 Å². The van der Waals surface area contributed by atoms with Crippen LogP contribution in [0.15, 0.2) is 0 Å². The van der Waals surface area contributed by atoms with Gasteiger partial charge in [0.05, 0.1) is 0 Å². The molecule has 6 unspecified atom stereocenters. The van der Waals surface area contributed by atoms with Crippen LogP contribution in [0.4, 0.5) is 0 Å². The molecule has 0 N–H and O–H groups in total. The first-order valence-corrected chi connectivity index (χ1v) is 8.89. The van der Waals surface area contributed by atoms with Crippen molar-refractivity contribution < 1.29 is 0 Å². The van der Waals surface area contributed by atoms with Crippen LogP contribution in [0.2, 0.25) is 0 Å². The summed E-state index contributed by atoms with van der Waals surface area (Å²) in [7, 11) is 0. The Kier molecular flexibility index (Phi) is 3.75. The van der Waals surface area contributed by atoms with Gasteiger partial charge in [0, 0.05) is 10.5 Å². The average molecular weight is 252 g/mol. The SMILES string of the molecule is CCC1CCC(C)CC2C3CCCCC3SC12. The van der Waals surface area contributed by atoms with E-state index in [1.807, 2.05) is 0 Å². The molecule has 17 heavy (non-hydrogen) atoms. The minimum atomic E-state index is 1.00. The van der Waals surface area contributed by atoms with Crippen LogP contribution in [0.3, 0.4) is 0 Å². The molecule has 0 nitrogen and oxygen atoms in total. The van der Waals surface area contributed by atoms with E-state index in [2.05, 4.69) is 25.6 Å². The van der Waals surface area contributed by atoms with Crippen molar-refractivity contribution in [1.82, 2.24) is 0 Å². The Morgan fingerprint density at radius 1 is 1.00 bits per heavy atom. The summed E-state index contributed by atoms with van der Waals surface area (Å²) < 4.78 is 0. The summed E-state index contributed by atoms with van der Waals surface area (Å²) in [4.78, 5) is 0. The van der Waals surface area contributed by atoms with Gasteiger partial charge in [-0.15, -0.1) is 0 Å². The van der Waals surface area contributed by atoms with E-state index in [0.717, 1.165) is 34.2 Å². The highest BCUT2D eigenvalue weighted by molar-refractivity contribution is 8.00. The summed E-state index contributed by atoms with van der Waals surface area (Å²) >= 11 is 2.43. The van der Waals surface area contributed by atoms with Gasteiger partial charge in [-0.25, -0.2) is 0 Å². The van der Waals surface area contributed by atoms with Crippen LogP contribution in [0.1, 0.15) is 65.2 Å². The first kappa shape index (κ1) is 12.4. The van der Waals surface area contributed by atoms with Crippen molar-refractivity contribution in [3.8, 4) is 0 Å². The minimum absolute atomic E-state index is 1.00. The Labute approximate surface area is 111 Å². The molecule has 6 atom stereocenters. The van der Waals surface area contributed by atoms with Crippen LogP contribution in [-0.2, 0) is 0 Å². The molecule has 0 aromatic rings. The van der Waals surface area contributed by atoms with Crippen molar-refractivity contribution in [1.29, 1.82) is 0 Å². The number of fused-ring (bicyclic) bond motifs is 3. The van der Waals surface area contributed by atoms with Crippen molar-refractivity contribution in [3.63, 3.8) is 0 Å². The lowest BCUT2D eigenvalue weighted by atomic mass is 9.74. The van der Waals surface area contributed by atoms with Gasteiger partial charge in [0.25, 0.3) is 0 Å². The zero-order chi connectivity index (χ0) is 11.8. The maximum atomic E-state index is 2.51. The van der Waals surface area contributed by atoms with Crippen LogP contribution < -0.4 is 0 Å². The van der Waals surface area contributed by atoms with E-state index >= 15 is 0 Å². The second-order valence-corrected chi connectivity index (χ2v) is 8.26. The lowest BCUT2D eigenvalue weighted by Gasteiger charge is -2.30. The van der Waals surface area contributed by atoms with Gasteiger partial charge in [0.2, 0.25) is 0 Å². The van der Waals surface area contributed by atoms with Crippen molar-refractivity contribution in [2.24, 2.45) is 23.7 Å². The predicted molar refractivity (Wildman–Crippen MR) is 77.4 cm³/mol. The Bertz CT molecular complexity index is 262. The molecule has 0 spiro atoms. The molecule has 2 aliphatic carbocycles. The van der Waals surface area contributed by atoms with Crippen LogP contribution in [0.5, 0.6) is 0 Å². The fourth-order valence-corrected chi connectivity index (χ4v) is 7.09. The first-order chi connectivity index (χ1) is 8.29. The molecule has 0 amide bonds. The maximum absolute atomic E-state index is 2.51. The van der Waals surface area contributed by atoms with Gasteiger partial charge in [0.15, 0.2) is 0 Å². The molecule has 0 aromatic heterocycles. The zero-order valence-electron chi connectivity index (χ0n) is 11.5. The van der Waals surface area contributed by atoms with Gasteiger partial charge >= 0.3 is 0 Å². The molecule has 0 bridgehead atoms. The van der Waals surface area contributed by atoms with Crippen molar-refractivity contribution in [3.05, 3.63) is 0 Å². The second-order valence-electron chi connectivity index (χ2n) is 6.84. The normalized spacial score (nSPS) is 50.5. The second kappa shape index (κ2) is 5.15. The lowest BCUT2D eigenvalue weighted by Crippen LogP contribution is -2.27. The third-order valence-electron chi connectivity index (χ3n) is 5.75. The summed E-state index contributed by atoms with van der Waals surface area (Å²) in [5, 5.41) is 2.09. The van der Waals surface area contributed by atoms with Crippen LogP contribution in [0, 0.1) is 23.7 Å². The molecular formula is C16H28S. The van der Waals surface area contributed by atoms with E-state index in [4.69, 9.17) is 0 Å². The first-order valence-electron chi connectivity index (χ1n) is 7.95. The minimum Gasteiger partial charge on any atom is -0.154 e. The van der Waals surface area contributed by atoms with E-state index in [0.29, 0.717) is 0 Å². The Balaban J connectivity index is 1.80. The molecular weight excluding hydrogens is 224 g/mol. The number of rotatable bonds is 1. The van der Waals surface area contributed by atoms with Gasteiger partial charge in [-0.05, 0) is 49.4 Å². The highest BCUT2D eigenvalue weighted by atomic mass is 32.2. The van der Waals surface area contributed by atoms with Gasteiger partial charge < -0.3 is 0 Å². The molecule has 1 aliphatic heterocycles. The monoisotopic (exact) mass is 252 g/mol. The van der Waals surface area contributed by atoms with Crippen molar-refractivity contribution in [2.75, 3.05) is 0 Å². The number of thioether (sulfide) groups is 1. The molecule has 3 rings (SSSR count). The zero-order valence-corrected chi connectivity index (χ0v) is 12.3. The fourth-order valence-electron chi connectivity index (χ4n) is 4.78. The molecule has 1 saturated heterocycles. The summed E-state index contributed by atoms with van der Waals surface area (Å²) in [5.41, 5.74) is 0. The summed E-state index contributed by atoms with van der Waals surface area (Å²) in [5.74, 6) is 4.24. The number of hydrogen-bond donors (Lipinski definition) is 0. The molecule has 2 saturated carbocycles. The van der Waals surface area contributed by atoms with Crippen molar-refractivity contribution >= 4 is 11.8 Å². The quantitative estimate of drug-likeness (QED) is 0.624. The Morgan fingerprint density at radius 3 is 2.65 bits per heavy atom. The van der Waals surface area contributed by atoms with E-state index in [9.17, 15) is 0 Å². The van der Waals surface area contributed by atoms with Crippen LogP contribution in [0.25, 0.3) is 0 Å². The molecule has 1 heteroatoms. The Hall–Kier alpha value is 0.350. The largest absolute Gasteiger partial charge is 0.154 e. The summed E-state index contributed by atoms with van der Waals surface area (Å²) in [6, 6.07) is 0. The number of hydrogen-bond acceptors (Lipinski definition) is 1. The Morgan fingerprint density at radius 2 is 1.82 bits per heavy atom. The standard InChI is InChI=1S/C16H28S/c1-3-12-9-8-11(2)10-14-13-6-4-5-7-15(13)17-16(12)14/h11-16H,3-10H2,1-2H3. The molecule has 98 valence electrons. The van der Waals surface area contributed by atoms with Gasteiger partial charge in [0.1, 0.15) is 0 Å². The summed E-state index contributed by atoms with van der Waals surface area (Å²) in [6.07, 6.45) is 12.1. The van der Waals surface area contributed by atoms with E-state index in [1.165, 1.54) is 38.5 Å². The lowest BCUT2D eigenvalue weighted by molar-refractivity contribution is 0.232. The van der Waals surface area contributed by atoms with Crippen LogP contribution in [-0.4, -0.2) is 10.5 Å². The van der Waals surface area contributed by atoms with Crippen molar-refractivity contribution in [2.45, 2.75) is 75.7 Å². The van der Waals surface area contributed by atoms with Gasteiger partial charge in [-0.1, -0.05) is 39.5 Å². The van der Waals surface area contributed by atoms with Gasteiger partial charge in [-0.3, -0.25) is 0 Å². The van der Waals surface area contributed by atoms with E-state index < -0.39 is 0 Å². The maximum Gasteiger partial charge on any atom is 0.0109 e. The fraction of sp³-hybridized carbons (Fsp3) is 1.00. The molecule has 1 heterocycles. The predicted octanol–water partition coefficient (Wildman–Crippen LogP) is 5.12. The highest BCUT2D eigenvalue weighted by Gasteiger charge is 2.47. The molecule has 3 fully saturated rings. The van der Waals surface area contributed by atoms with E-state index in [1.54, 1.807) is 12.8 Å². The van der Waals surface area contributed by atoms with Gasteiger partial charge in [-0.2, -0.15) is 11.8 Å². The smallest absolute Gasteiger partial charge is 0.0109 e. The van der Waals surface area contributed by atoms with E-state index in [-0.39, 0.29) is 0 Å². The summed E-state index contributed by atoms with van der Waals surface area (Å²) in [6.45, 7) is 4.94. The molecule has 0 radical (unpaired) electrons. The third kappa shape index (κ3) is 2.29. The average Bonchev–Trinajstić information content (AvgIpc) is 2.61. The topological polar surface area (TPSA) is 0 Å².